The fraction of sp³-hybridized carbons (Fsp3) is 0.419. The van der Waals surface area contributed by atoms with Crippen molar-refractivity contribution in [3.63, 3.8) is 0 Å². The first-order chi connectivity index (χ1) is 19.0. The van der Waals surface area contributed by atoms with E-state index in [4.69, 9.17) is 0 Å². The van der Waals surface area contributed by atoms with Gasteiger partial charge in [-0.2, -0.15) is 0 Å². The number of hydrogen-bond donors (Lipinski definition) is 1. The molecule has 212 valence electrons. The minimum absolute atomic E-state index is 0.000640. The summed E-state index contributed by atoms with van der Waals surface area (Å²) in [4.78, 5) is 48.4. The van der Waals surface area contributed by atoms with Gasteiger partial charge in [-0.3, -0.25) is 19.3 Å². The maximum atomic E-state index is 13.0. The quantitative estimate of drug-likeness (QED) is 0.436. The van der Waals surface area contributed by atoms with E-state index >= 15 is 0 Å². The lowest BCUT2D eigenvalue weighted by molar-refractivity contribution is -0.130. The molecule has 9 heteroatoms. The van der Waals surface area contributed by atoms with Gasteiger partial charge >= 0.3 is 0 Å². The predicted octanol–water partition coefficient (Wildman–Crippen LogP) is 4.56. The third-order valence-corrected chi connectivity index (χ3v) is 7.95. The molecule has 0 unspecified atom stereocenters. The Morgan fingerprint density at radius 2 is 1.62 bits per heavy atom. The van der Waals surface area contributed by atoms with Crippen LogP contribution in [0.25, 0.3) is 0 Å². The van der Waals surface area contributed by atoms with Crippen LogP contribution in [0.1, 0.15) is 59.6 Å². The molecule has 0 spiro atoms. The molecule has 1 aromatic heterocycles. The molecule has 1 aliphatic rings. The highest BCUT2D eigenvalue weighted by molar-refractivity contribution is 7.15. The van der Waals surface area contributed by atoms with Crippen LogP contribution in [0.2, 0.25) is 0 Å². The fourth-order valence-electron chi connectivity index (χ4n) is 4.75. The number of thiazole rings is 1. The Kier molecular flexibility index (Phi) is 9.37. The van der Waals surface area contributed by atoms with Crippen LogP contribution >= 0.6 is 11.3 Å². The highest BCUT2D eigenvalue weighted by atomic mass is 32.1. The van der Waals surface area contributed by atoms with Gasteiger partial charge in [-0.1, -0.05) is 57.2 Å². The fourth-order valence-corrected chi connectivity index (χ4v) is 5.66. The van der Waals surface area contributed by atoms with Gasteiger partial charge in [-0.15, -0.1) is 11.3 Å². The molecule has 3 aromatic rings. The van der Waals surface area contributed by atoms with Gasteiger partial charge in [0.25, 0.3) is 5.91 Å². The first-order valence-electron chi connectivity index (χ1n) is 13.6. The predicted molar refractivity (Wildman–Crippen MR) is 159 cm³/mol. The molecule has 0 aliphatic carbocycles. The van der Waals surface area contributed by atoms with Gasteiger partial charge in [-0.05, 0) is 41.3 Å². The minimum Gasteiger partial charge on any atom is -0.339 e. The van der Waals surface area contributed by atoms with Crippen molar-refractivity contribution in [2.45, 2.75) is 52.6 Å². The van der Waals surface area contributed by atoms with Gasteiger partial charge in [0.05, 0.1) is 6.42 Å². The number of rotatable bonds is 8. The van der Waals surface area contributed by atoms with Crippen LogP contribution in [0, 0.1) is 0 Å². The van der Waals surface area contributed by atoms with Gasteiger partial charge in [0, 0.05) is 62.8 Å². The average Bonchev–Trinajstić information content (AvgIpc) is 3.34. The lowest BCUT2D eigenvalue weighted by Gasteiger charge is -2.34. The molecule has 40 heavy (non-hydrogen) atoms. The van der Waals surface area contributed by atoms with E-state index < -0.39 is 0 Å². The molecule has 2 heterocycles. The molecule has 0 radical (unpaired) electrons. The highest BCUT2D eigenvalue weighted by Crippen LogP contribution is 2.23. The molecule has 1 saturated heterocycles. The second-order valence-corrected chi connectivity index (χ2v) is 12.6. The molecular weight excluding hydrogens is 522 g/mol. The van der Waals surface area contributed by atoms with Gasteiger partial charge < -0.3 is 15.1 Å². The molecule has 1 N–H and O–H groups in total. The standard InChI is InChI=1S/C31H39N5O3S/c1-22(37)35-13-15-36(16-14-35)29(39)25-8-6-7-24(17-25)20-34(5)21-27-19-32-30(40-27)33-28(38)18-23-9-11-26(12-10-23)31(2,3)4/h6-12,17,19H,13-16,18,20-21H2,1-5H3,(H,32,33,38). The molecule has 3 amide bonds. The second kappa shape index (κ2) is 12.7. The van der Waals surface area contributed by atoms with Gasteiger partial charge in [-0.25, -0.2) is 4.98 Å². The third-order valence-electron chi connectivity index (χ3n) is 7.05. The number of aromatic nitrogens is 1. The Bertz CT molecular complexity index is 1340. The van der Waals surface area contributed by atoms with Crippen LogP contribution in [-0.4, -0.2) is 70.6 Å². The third kappa shape index (κ3) is 7.99. The van der Waals surface area contributed by atoms with Crippen molar-refractivity contribution >= 4 is 34.2 Å². The molecule has 1 fully saturated rings. The van der Waals surface area contributed by atoms with E-state index in [9.17, 15) is 14.4 Å². The molecule has 0 saturated carbocycles. The molecular formula is C31H39N5O3S. The SMILES string of the molecule is CC(=O)N1CCN(C(=O)c2cccc(CN(C)Cc3cnc(NC(=O)Cc4ccc(C(C)(C)C)cc4)s3)c2)CC1. The lowest BCUT2D eigenvalue weighted by atomic mass is 9.86. The topological polar surface area (TPSA) is 85.8 Å². The Balaban J connectivity index is 1.27. The van der Waals surface area contributed by atoms with Crippen LogP contribution in [0.3, 0.4) is 0 Å². The van der Waals surface area contributed by atoms with Crippen molar-refractivity contribution in [3.8, 4) is 0 Å². The summed E-state index contributed by atoms with van der Waals surface area (Å²) in [5.74, 6) is -0.0304. The first-order valence-corrected chi connectivity index (χ1v) is 14.5. The summed E-state index contributed by atoms with van der Waals surface area (Å²) in [6.07, 6.45) is 2.11. The number of piperazine rings is 1. The minimum atomic E-state index is -0.0815. The maximum absolute atomic E-state index is 13.0. The maximum Gasteiger partial charge on any atom is 0.253 e. The lowest BCUT2D eigenvalue weighted by Crippen LogP contribution is -2.50. The highest BCUT2D eigenvalue weighted by Gasteiger charge is 2.23. The number of benzene rings is 2. The van der Waals surface area contributed by atoms with Crippen LogP contribution in [0.5, 0.6) is 0 Å². The molecule has 8 nitrogen and oxygen atoms in total. The summed E-state index contributed by atoms with van der Waals surface area (Å²) in [5, 5.41) is 3.52. The Hall–Kier alpha value is -3.56. The summed E-state index contributed by atoms with van der Waals surface area (Å²) in [6.45, 7) is 11.7. The number of carbonyl (C=O) groups excluding carboxylic acids is 3. The summed E-state index contributed by atoms with van der Waals surface area (Å²) < 4.78 is 0. The molecule has 2 aromatic carbocycles. The van der Waals surface area contributed by atoms with Crippen LogP contribution in [-0.2, 0) is 34.5 Å². The average molecular weight is 562 g/mol. The summed E-state index contributed by atoms with van der Waals surface area (Å²) in [6, 6.07) is 15.9. The number of anilines is 1. The van der Waals surface area contributed by atoms with E-state index in [2.05, 4.69) is 48.1 Å². The number of carbonyl (C=O) groups is 3. The van der Waals surface area contributed by atoms with Crippen molar-refractivity contribution in [2.24, 2.45) is 0 Å². The van der Waals surface area contributed by atoms with Gasteiger partial charge in [0.15, 0.2) is 5.13 Å². The van der Waals surface area contributed by atoms with Gasteiger partial charge in [0.1, 0.15) is 0 Å². The van der Waals surface area contributed by atoms with E-state index in [1.807, 2.05) is 48.3 Å². The van der Waals surface area contributed by atoms with E-state index in [0.717, 1.165) is 16.0 Å². The summed E-state index contributed by atoms with van der Waals surface area (Å²) >= 11 is 1.47. The number of amides is 3. The van der Waals surface area contributed by atoms with Crippen molar-refractivity contribution < 1.29 is 14.4 Å². The van der Waals surface area contributed by atoms with Crippen molar-refractivity contribution in [3.05, 3.63) is 81.9 Å². The first kappa shape index (κ1) is 29.4. The molecule has 4 rings (SSSR count). The number of nitrogens with zero attached hydrogens (tertiary/aromatic N) is 4. The zero-order valence-corrected chi connectivity index (χ0v) is 24.9. The van der Waals surface area contributed by atoms with Crippen LogP contribution in [0.4, 0.5) is 5.13 Å². The molecule has 0 atom stereocenters. The smallest absolute Gasteiger partial charge is 0.253 e. The van der Waals surface area contributed by atoms with Gasteiger partial charge in [0.2, 0.25) is 11.8 Å². The Labute approximate surface area is 241 Å². The largest absolute Gasteiger partial charge is 0.339 e. The Morgan fingerprint density at radius 1 is 0.950 bits per heavy atom. The summed E-state index contributed by atoms with van der Waals surface area (Å²) in [7, 11) is 2.02. The number of hydrogen-bond acceptors (Lipinski definition) is 6. The molecule has 1 aliphatic heterocycles. The van der Waals surface area contributed by atoms with Crippen molar-refractivity contribution in [1.82, 2.24) is 19.7 Å². The monoisotopic (exact) mass is 561 g/mol. The number of nitrogens with one attached hydrogen (secondary N) is 1. The van der Waals surface area contributed by atoms with E-state index in [1.54, 1.807) is 18.0 Å². The van der Waals surface area contributed by atoms with Crippen LogP contribution in [0.15, 0.2) is 54.7 Å². The van der Waals surface area contributed by atoms with Crippen LogP contribution < -0.4 is 5.32 Å². The van der Waals surface area contributed by atoms with E-state index in [-0.39, 0.29) is 23.1 Å². The summed E-state index contributed by atoms with van der Waals surface area (Å²) in [5.41, 5.74) is 4.01. The zero-order valence-electron chi connectivity index (χ0n) is 24.1. The normalized spacial score (nSPS) is 13.9. The van der Waals surface area contributed by atoms with E-state index in [0.29, 0.717) is 56.4 Å². The van der Waals surface area contributed by atoms with Crippen molar-refractivity contribution in [2.75, 3.05) is 38.5 Å². The zero-order chi connectivity index (χ0) is 28.9. The molecule has 0 bridgehead atoms. The van der Waals surface area contributed by atoms with Crippen molar-refractivity contribution in [1.29, 1.82) is 0 Å². The van der Waals surface area contributed by atoms with E-state index in [1.165, 1.54) is 16.9 Å². The Morgan fingerprint density at radius 3 is 2.27 bits per heavy atom. The second-order valence-electron chi connectivity index (χ2n) is 11.5.